The molecule has 2 aromatic rings. The molecule has 2 N–H and O–H groups in total. The highest BCUT2D eigenvalue weighted by Crippen LogP contribution is 2.31. The monoisotopic (exact) mass is 307 g/mol. The van der Waals surface area contributed by atoms with Crippen molar-refractivity contribution in [2.45, 2.75) is 18.9 Å². The van der Waals surface area contributed by atoms with E-state index >= 15 is 0 Å². The predicted molar refractivity (Wildman–Crippen MR) is 79.9 cm³/mol. The van der Waals surface area contributed by atoms with Crippen molar-refractivity contribution in [1.82, 2.24) is 4.98 Å². The van der Waals surface area contributed by atoms with Crippen LogP contribution in [-0.2, 0) is 0 Å². The SMILES string of the molecule is N#Cc1ccc(Cl)cc1OC(CCCN)c1nccs1. The molecular formula is C14H14ClN3OS. The quantitative estimate of drug-likeness (QED) is 0.886. The molecule has 6 heteroatoms. The molecule has 0 aliphatic rings. The Labute approximate surface area is 126 Å². The summed E-state index contributed by atoms with van der Waals surface area (Å²) < 4.78 is 5.95. The van der Waals surface area contributed by atoms with Crippen LogP contribution in [0.1, 0.15) is 29.5 Å². The Kier molecular flexibility index (Phi) is 5.36. The summed E-state index contributed by atoms with van der Waals surface area (Å²) in [5, 5.41) is 12.4. The lowest BCUT2D eigenvalue weighted by atomic mass is 10.2. The van der Waals surface area contributed by atoms with E-state index in [0.717, 1.165) is 17.8 Å². The summed E-state index contributed by atoms with van der Waals surface area (Å²) in [5.74, 6) is 0.484. The summed E-state index contributed by atoms with van der Waals surface area (Å²) in [4.78, 5) is 4.28. The third-order valence-corrected chi connectivity index (χ3v) is 3.83. The highest BCUT2D eigenvalue weighted by molar-refractivity contribution is 7.09. The van der Waals surface area contributed by atoms with Gasteiger partial charge in [0.25, 0.3) is 0 Å². The van der Waals surface area contributed by atoms with Gasteiger partial charge >= 0.3 is 0 Å². The Bertz CT molecular complexity index is 595. The van der Waals surface area contributed by atoms with Gasteiger partial charge in [0.1, 0.15) is 16.8 Å². The number of benzene rings is 1. The molecule has 0 amide bonds. The first-order chi connectivity index (χ1) is 9.74. The van der Waals surface area contributed by atoms with Gasteiger partial charge in [-0.1, -0.05) is 11.6 Å². The van der Waals surface area contributed by atoms with Crippen LogP contribution >= 0.6 is 22.9 Å². The number of ether oxygens (including phenoxy) is 1. The first-order valence-electron chi connectivity index (χ1n) is 6.20. The molecule has 4 nitrogen and oxygen atoms in total. The first-order valence-corrected chi connectivity index (χ1v) is 7.46. The normalized spacial score (nSPS) is 11.8. The predicted octanol–water partition coefficient (Wildman–Crippen LogP) is 3.53. The van der Waals surface area contributed by atoms with E-state index in [0.29, 0.717) is 22.9 Å². The molecule has 2 rings (SSSR count). The third-order valence-electron chi connectivity index (χ3n) is 2.73. The van der Waals surface area contributed by atoms with Gasteiger partial charge in [0, 0.05) is 22.7 Å². The topological polar surface area (TPSA) is 71.9 Å². The summed E-state index contributed by atoms with van der Waals surface area (Å²) in [6.07, 6.45) is 3.11. The van der Waals surface area contributed by atoms with Gasteiger partial charge in [-0.15, -0.1) is 11.3 Å². The summed E-state index contributed by atoms with van der Waals surface area (Å²) >= 11 is 7.49. The summed E-state index contributed by atoms with van der Waals surface area (Å²) in [5.41, 5.74) is 6.02. The summed E-state index contributed by atoms with van der Waals surface area (Å²) in [6, 6.07) is 7.08. The third kappa shape index (κ3) is 3.70. The second kappa shape index (κ2) is 7.25. The van der Waals surface area contributed by atoms with Crippen LogP contribution in [0.15, 0.2) is 29.8 Å². The molecule has 20 heavy (non-hydrogen) atoms. The van der Waals surface area contributed by atoms with E-state index in [9.17, 15) is 0 Å². The van der Waals surface area contributed by atoms with Crippen molar-refractivity contribution in [2.24, 2.45) is 5.73 Å². The molecule has 1 atom stereocenters. The zero-order valence-corrected chi connectivity index (χ0v) is 12.3. The second-order valence-electron chi connectivity index (χ2n) is 4.16. The van der Waals surface area contributed by atoms with Crippen molar-refractivity contribution in [1.29, 1.82) is 5.26 Å². The largest absolute Gasteiger partial charge is 0.482 e. The van der Waals surface area contributed by atoms with Gasteiger partial charge in [0.2, 0.25) is 0 Å². The highest BCUT2D eigenvalue weighted by atomic mass is 35.5. The molecule has 1 aromatic heterocycles. The lowest BCUT2D eigenvalue weighted by Gasteiger charge is -2.17. The standard InChI is InChI=1S/C14H14ClN3OS/c15-11-4-3-10(9-17)13(8-11)19-12(2-1-5-16)14-18-6-7-20-14/h3-4,6-8,12H,1-2,5,16H2. The minimum Gasteiger partial charge on any atom is -0.482 e. The maximum atomic E-state index is 9.12. The van der Waals surface area contributed by atoms with Crippen molar-refractivity contribution in [2.75, 3.05) is 6.54 Å². The molecule has 0 spiro atoms. The Hall–Kier alpha value is -1.61. The van der Waals surface area contributed by atoms with Crippen molar-refractivity contribution in [3.8, 4) is 11.8 Å². The van der Waals surface area contributed by atoms with E-state index in [1.807, 2.05) is 5.38 Å². The van der Waals surface area contributed by atoms with Crippen LogP contribution in [0.5, 0.6) is 5.75 Å². The molecule has 0 aliphatic heterocycles. The van der Waals surface area contributed by atoms with Crippen molar-refractivity contribution in [3.63, 3.8) is 0 Å². The maximum absolute atomic E-state index is 9.12. The number of nitriles is 1. The van der Waals surface area contributed by atoms with Crippen molar-refractivity contribution in [3.05, 3.63) is 45.4 Å². The molecule has 1 heterocycles. The first kappa shape index (κ1) is 14.8. The van der Waals surface area contributed by atoms with Crippen LogP contribution < -0.4 is 10.5 Å². The van der Waals surface area contributed by atoms with Crippen LogP contribution in [0.25, 0.3) is 0 Å². The van der Waals surface area contributed by atoms with Gasteiger partial charge in [-0.25, -0.2) is 4.98 Å². The molecule has 0 saturated heterocycles. The van der Waals surface area contributed by atoms with Gasteiger partial charge in [0.05, 0.1) is 5.56 Å². The van der Waals surface area contributed by atoms with Gasteiger partial charge < -0.3 is 10.5 Å². The average molecular weight is 308 g/mol. The molecule has 1 aromatic carbocycles. The molecule has 0 fully saturated rings. The number of hydrogen-bond donors (Lipinski definition) is 1. The van der Waals surface area contributed by atoms with Crippen LogP contribution in [0.2, 0.25) is 5.02 Å². The Balaban J connectivity index is 2.24. The van der Waals surface area contributed by atoms with Crippen molar-refractivity contribution < 1.29 is 4.74 Å². The minimum atomic E-state index is -0.205. The number of hydrogen-bond acceptors (Lipinski definition) is 5. The van der Waals surface area contributed by atoms with Crippen LogP contribution in [0.3, 0.4) is 0 Å². The zero-order valence-electron chi connectivity index (χ0n) is 10.8. The molecule has 0 bridgehead atoms. The lowest BCUT2D eigenvalue weighted by molar-refractivity contribution is 0.191. The van der Waals surface area contributed by atoms with Gasteiger partial charge in [-0.2, -0.15) is 5.26 Å². The smallest absolute Gasteiger partial charge is 0.150 e. The van der Waals surface area contributed by atoms with E-state index in [1.165, 1.54) is 11.3 Å². The number of halogens is 1. The summed E-state index contributed by atoms with van der Waals surface area (Å²) in [6.45, 7) is 0.589. The summed E-state index contributed by atoms with van der Waals surface area (Å²) in [7, 11) is 0. The fraction of sp³-hybridized carbons (Fsp3) is 0.286. The van der Waals surface area contributed by atoms with Crippen molar-refractivity contribution >= 4 is 22.9 Å². The Morgan fingerprint density at radius 1 is 1.50 bits per heavy atom. The minimum absolute atomic E-state index is 0.205. The maximum Gasteiger partial charge on any atom is 0.150 e. The second-order valence-corrected chi connectivity index (χ2v) is 5.52. The van der Waals surface area contributed by atoms with Crippen LogP contribution in [-0.4, -0.2) is 11.5 Å². The highest BCUT2D eigenvalue weighted by Gasteiger charge is 2.17. The van der Waals surface area contributed by atoms with E-state index in [2.05, 4.69) is 11.1 Å². The fourth-order valence-electron chi connectivity index (χ4n) is 1.77. The Morgan fingerprint density at radius 3 is 3.00 bits per heavy atom. The number of thiazole rings is 1. The lowest BCUT2D eigenvalue weighted by Crippen LogP contribution is -2.11. The van der Waals surface area contributed by atoms with Crippen LogP contribution in [0.4, 0.5) is 0 Å². The van der Waals surface area contributed by atoms with Crippen LogP contribution in [0, 0.1) is 11.3 Å². The van der Waals surface area contributed by atoms with Gasteiger partial charge in [-0.3, -0.25) is 0 Å². The number of rotatable bonds is 6. The Morgan fingerprint density at radius 2 is 2.35 bits per heavy atom. The van der Waals surface area contributed by atoms with Gasteiger partial charge in [0.15, 0.2) is 6.10 Å². The van der Waals surface area contributed by atoms with E-state index < -0.39 is 0 Å². The zero-order chi connectivity index (χ0) is 14.4. The number of nitrogens with zero attached hydrogens (tertiary/aromatic N) is 2. The fourth-order valence-corrected chi connectivity index (χ4v) is 2.63. The van der Waals surface area contributed by atoms with E-state index in [4.69, 9.17) is 27.3 Å². The van der Waals surface area contributed by atoms with E-state index in [-0.39, 0.29) is 6.10 Å². The van der Waals surface area contributed by atoms with Gasteiger partial charge in [-0.05, 0) is 31.5 Å². The number of aromatic nitrogens is 1. The molecule has 0 aliphatic carbocycles. The molecule has 1 unspecified atom stereocenters. The number of nitrogens with two attached hydrogens (primary N) is 1. The molecular weight excluding hydrogens is 294 g/mol. The molecule has 0 radical (unpaired) electrons. The van der Waals surface area contributed by atoms with E-state index in [1.54, 1.807) is 24.4 Å². The average Bonchev–Trinajstić information content (AvgIpc) is 2.97. The molecule has 104 valence electrons. The molecule has 0 saturated carbocycles.